The van der Waals surface area contributed by atoms with Crippen LogP contribution in [-0.4, -0.2) is 58.3 Å². The van der Waals surface area contributed by atoms with Crippen LogP contribution in [-0.2, 0) is 19.2 Å². The molecule has 6 N–H and O–H groups in total. The Balaban J connectivity index is 4.59. The predicted octanol–water partition coefficient (Wildman–Crippen LogP) is -2.21. The summed E-state index contributed by atoms with van der Waals surface area (Å²) in [7, 11) is 0. The van der Waals surface area contributed by atoms with Crippen LogP contribution in [0.4, 0.5) is 0 Å². The average molecular weight is 307 g/mol. The number of hydrogen-bond acceptors (Lipinski definition) is 6. The molecule has 0 aromatic carbocycles. The highest BCUT2D eigenvalue weighted by Crippen LogP contribution is 2.00. The Morgan fingerprint density at radius 1 is 1.10 bits per heavy atom. The van der Waals surface area contributed by atoms with Gasteiger partial charge in [-0.3, -0.25) is 14.4 Å². The van der Waals surface area contributed by atoms with E-state index in [0.29, 0.717) is 0 Å². The van der Waals surface area contributed by atoms with Crippen LogP contribution in [0.2, 0.25) is 0 Å². The molecule has 0 fully saturated rings. The lowest BCUT2D eigenvalue weighted by Gasteiger charge is -2.19. The van der Waals surface area contributed by atoms with E-state index >= 15 is 0 Å². The van der Waals surface area contributed by atoms with Crippen molar-refractivity contribution in [3.8, 4) is 0 Å². The minimum Gasteiger partial charge on any atom is -0.481 e. The van der Waals surface area contributed by atoms with E-state index < -0.39 is 42.3 Å². The standard InChI is InChI=1S/C10H17N3O6S/c11-3-7(14)12-6(4-20)9(17)13-5(10(18)19)1-2-8(15)16/h5-6,20H,1-4,11H2,(H,12,14)(H,13,17)(H,15,16)(H,18,19). The summed E-state index contributed by atoms with van der Waals surface area (Å²) < 4.78 is 0. The molecule has 0 aliphatic carbocycles. The fraction of sp³-hybridized carbons (Fsp3) is 0.600. The Labute approximate surface area is 120 Å². The molecule has 0 saturated carbocycles. The van der Waals surface area contributed by atoms with E-state index in [9.17, 15) is 19.2 Å². The number of thiol groups is 1. The van der Waals surface area contributed by atoms with Crippen LogP contribution in [0.1, 0.15) is 12.8 Å². The van der Waals surface area contributed by atoms with Crippen LogP contribution in [0.3, 0.4) is 0 Å². The van der Waals surface area contributed by atoms with E-state index in [2.05, 4.69) is 23.3 Å². The van der Waals surface area contributed by atoms with Gasteiger partial charge >= 0.3 is 11.9 Å². The van der Waals surface area contributed by atoms with Crippen molar-refractivity contribution >= 4 is 36.4 Å². The summed E-state index contributed by atoms with van der Waals surface area (Å²) in [6, 6.07) is -2.39. The lowest BCUT2D eigenvalue weighted by molar-refractivity contribution is -0.143. The molecule has 0 radical (unpaired) electrons. The highest BCUT2D eigenvalue weighted by Gasteiger charge is 2.25. The van der Waals surface area contributed by atoms with E-state index in [4.69, 9.17) is 15.9 Å². The summed E-state index contributed by atoms with van der Waals surface area (Å²) in [5.41, 5.74) is 5.08. The second-order valence-corrected chi connectivity index (χ2v) is 4.20. The number of carbonyl (C=O) groups excluding carboxylic acids is 2. The molecule has 2 amide bonds. The SMILES string of the molecule is NCC(=O)NC(CS)C(=O)NC(CCC(=O)O)C(=O)O. The Morgan fingerprint density at radius 2 is 1.70 bits per heavy atom. The zero-order valence-electron chi connectivity index (χ0n) is 10.5. The molecule has 2 atom stereocenters. The van der Waals surface area contributed by atoms with Crippen molar-refractivity contribution in [2.24, 2.45) is 5.73 Å². The van der Waals surface area contributed by atoms with Crippen molar-refractivity contribution in [1.82, 2.24) is 10.6 Å². The predicted molar refractivity (Wildman–Crippen MR) is 71.3 cm³/mol. The lowest BCUT2D eigenvalue weighted by Crippen LogP contribution is -2.53. The molecule has 0 aromatic heterocycles. The molecule has 9 nitrogen and oxygen atoms in total. The molecule has 0 rings (SSSR count). The number of nitrogens with two attached hydrogens (primary N) is 1. The summed E-state index contributed by atoms with van der Waals surface area (Å²) in [4.78, 5) is 44.1. The number of carboxylic acid groups (broad SMARTS) is 2. The summed E-state index contributed by atoms with van der Waals surface area (Å²) >= 11 is 3.87. The van der Waals surface area contributed by atoms with E-state index in [0.717, 1.165) is 0 Å². The normalized spacial score (nSPS) is 13.1. The molecule has 0 aliphatic rings. The van der Waals surface area contributed by atoms with Gasteiger partial charge in [0.15, 0.2) is 0 Å². The van der Waals surface area contributed by atoms with Crippen molar-refractivity contribution in [1.29, 1.82) is 0 Å². The molecule has 0 bridgehead atoms. The van der Waals surface area contributed by atoms with Crippen molar-refractivity contribution in [3.05, 3.63) is 0 Å². The third-order valence-electron chi connectivity index (χ3n) is 2.28. The maximum atomic E-state index is 11.8. The molecular weight excluding hydrogens is 290 g/mol. The minimum atomic E-state index is -1.36. The quantitative estimate of drug-likeness (QED) is 0.263. The summed E-state index contributed by atoms with van der Waals surface area (Å²) in [6.07, 6.45) is -0.668. The molecule has 0 spiro atoms. The van der Waals surface area contributed by atoms with E-state index in [-0.39, 0.29) is 18.7 Å². The number of aliphatic carboxylic acids is 2. The van der Waals surface area contributed by atoms with Crippen LogP contribution in [0.15, 0.2) is 0 Å². The van der Waals surface area contributed by atoms with Crippen LogP contribution in [0.25, 0.3) is 0 Å². The molecule has 0 saturated heterocycles. The van der Waals surface area contributed by atoms with Gasteiger partial charge in [0.2, 0.25) is 11.8 Å². The van der Waals surface area contributed by atoms with Gasteiger partial charge in [-0.15, -0.1) is 0 Å². The molecule has 0 aromatic rings. The second-order valence-electron chi connectivity index (χ2n) is 3.84. The molecule has 2 unspecified atom stereocenters. The number of carbonyl (C=O) groups is 4. The Hall–Kier alpha value is -1.81. The molecule has 0 aliphatic heterocycles. The number of hydrogen-bond donors (Lipinski definition) is 6. The van der Waals surface area contributed by atoms with Gasteiger partial charge in [-0.1, -0.05) is 0 Å². The first-order valence-electron chi connectivity index (χ1n) is 5.67. The number of nitrogens with one attached hydrogen (secondary N) is 2. The van der Waals surface area contributed by atoms with Gasteiger partial charge in [-0.25, -0.2) is 4.79 Å². The number of rotatable bonds is 9. The maximum absolute atomic E-state index is 11.8. The second kappa shape index (κ2) is 9.15. The van der Waals surface area contributed by atoms with Crippen LogP contribution in [0.5, 0.6) is 0 Å². The number of carboxylic acids is 2. The maximum Gasteiger partial charge on any atom is 0.326 e. The van der Waals surface area contributed by atoms with Crippen molar-refractivity contribution in [3.63, 3.8) is 0 Å². The van der Waals surface area contributed by atoms with Gasteiger partial charge in [-0.2, -0.15) is 12.6 Å². The fourth-order valence-electron chi connectivity index (χ4n) is 1.24. The summed E-state index contributed by atoms with van der Waals surface area (Å²) in [6.45, 7) is -0.321. The first-order valence-corrected chi connectivity index (χ1v) is 6.30. The van der Waals surface area contributed by atoms with E-state index in [1.165, 1.54) is 0 Å². The smallest absolute Gasteiger partial charge is 0.326 e. The Kier molecular flexibility index (Phi) is 8.32. The monoisotopic (exact) mass is 307 g/mol. The third kappa shape index (κ3) is 6.95. The Bertz CT molecular complexity index is 389. The topological polar surface area (TPSA) is 159 Å². The van der Waals surface area contributed by atoms with Gasteiger partial charge < -0.3 is 26.6 Å². The van der Waals surface area contributed by atoms with Gasteiger partial charge in [0, 0.05) is 12.2 Å². The van der Waals surface area contributed by atoms with Crippen LogP contribution in [0, 0.1) is 0 Å². The first kappa shape index (κ1) is 18.2. The summed E-state index contributed by atoms with van der Waals surface area (Å²) in [5.74, 6) is -3.94. The van der Waals surface area contributed by atoms with Crippen molar-refractivity contribution in [2.75, 3.05) is 12.3 Å². The highest BCUT2D eigenvalue weighted by atomic mass is 32.1. The number of amides is 2. The first-order chi connectivity index (χ1) is 9.31. The molecule has 10 heteroatoms. The minimum absolute atomic E-state index is 0.0527. The van der Waals surface area contributed by atoms with Gasteiger partial charge in [0.1, 0.15) is 12.1 Å². The third-order valence-corrected chi connectivity index (χ3v) is 2.65. The van der Waals surface area contributed by atoms with E-state index in [1.54, 1.807) is 0 Å². The molecular formula is C10H17N3O6S. The van der Waals surface area contributed by atoms with Crippen LogP contribution >= 0.6 is 12.6 Å². The molecule has 114 valence electrons. The van der Waals surface area contributed by atoms with E-state index in [1.807, 2.05) is 0 Å². The van der Waals surface area contributed by atoms with Crippen molar-refractivity contribution in [2.45, 2.75) is 24.9 Å². The van der Waals surface area contributed by atoms with Crippen molar-refractivity contribution < 1.29 is 29.4 Å². The highest BCUT2D eigenvalue weighted by molar-refractivity contribution is 7.80. The summed E-state index contributed by atoms with van der Waals surface area (Å²) in [5, 5.41) is 21.8. The van der Waals surface area contributed by atoms with Gasteiger partial charge in [0.25, 0.3) is 0 Å². The Morgan fingerprint density at radius 3 is 2.10 bits per heavy atom. The largest absolute Gasteiger partial charge is 0.481 e. The fourth-order valence-corrected chi connectivity index (χ4v) is 1.50. The molecule has 20 heavy (non-hydrogen) atoms. The zero-order chi connectivity index (χ0) is 15.7. The average Bonchev–Trinajstić information content (AvgIpc) is 2.39. The zero-order valence-corrected chi connectivity index (χ0v) is 11.4. The van der Waals surface area contributed by atoms with Gasteiger partial charge in [0.05, 0.1) is 6.54 Å². The van der Waals surface area contributed by atoms with Gasteiger partial charge in [-0.05, 0) is 6.42 Å². The van der Waals surface area contributed by atoms with Crippen LogP contribution < -0.4 is 16.4 Å². The lowest BCUT2D eigenvalue weighted by atomic mass is 10.1. The molecule has 0 heterocycles.